The zero-order valence-electron chi connectivity index (χ0n) is 27.6. The average molecular weight is 793 g/mol. The number of benzene rings is 2. The molecule has 1 saturated carbocycles. The summed E-state index contributed by atoms with van der Waals surface area (Å²) in [7, 11) is 1.65. The molecule has 2 aromatic carbocycles. The molecule has 11 nitrogen and oxygen atoms in total. The fourth-order valence-corrected chi connectivity index (χ4v) is 7.10. The van der Waals surface area contributed by atoms with Crippen LogP contribution in [0, 0.1) is 29.4 Å². The van der Waals surface area contributed by atoms with Crippen molar-refractivity contribution in [3.63, 3.8) is 0 Å². The molecule has 1 saturated heterocycles. The van der Waals surface area contributed by atoms with E-state index in [4.69, 9.17) is 42.5 Å². The van der Waals surface area contributed by atoms with Gasteiger partial charge in [0, 0.05) is 62.7 Å². The molecule has 1 aliphatic heterocycles. The lowest BCUT2D eigenvalue weighted by molar-refractivity contribution is 0.265. The number of hydrogen-bond donors (Lipinski definition) is 0. The molecule has 16 heteroatoms. The lowest BCUT2D eigenvalue weighted by Crippen LogP contribution is -2.42. The van der Waals surface area contributed by atoms with E-state index in [1.807, 2.05) is 19.9 Å². The molecule has 0 spiro atoms. The Morgan fingerprint density at radius 1 is 0.820 bits per heavy atom. The summed E-state index contributed by atoms with van der Waals surface area (Å²) in [5.74, 6) is 3.06. The van der Waals surface area contributed by atoms with Crippen LogP contribution in [0.15, 0.2) is 59.5 Å². The first kappa shape index (κ1) is 35.8. The number of halogens is 5. The summed E-state index contributed by atoms with van der Waals surface area (Å²) in [6.07, 6.45) is 5.08. The molecule has 0 N–H and O–H groups in total. The van der Waals surface area contributed by atoms with Crippen LogP contribution in [-0.4, -0.2) is 54.7 Å². The minimum atomic E-state index is -0.489. The van der Waals surface area contributed by atoms with Gasteiger partial charge in [-0.05, 0) is 90.7 Å². The topological polar surface area (TPSA) is 105 Å². The largest absolute Gasteiger partial charge is 0.481 e. The second-order valence-electron chi connectivity index (χ2n) is 11.9. The second-order valence-corrected chi connectivity index (χ2v) is 13.4. The summed E-state index contributed by atoms with van der Waals surface area (Å²) < 4.78 is 46.8. The van der Waals surface area contributed by atoms with Crippen molar-refractivity contribution in [3.8, 4) is 29.4 Å². The number of hydrogen-bond acceptors (Lipinski definition) is 9. The fraction of sp³-hybridized carbons (Fsp3) is 0.382. The van der Waals surface area contributed by atoms with Crippen LogP contribution in [0.4, 0.5) is 14.5 Å². The Kier molecular flexibility index (Phi) is 11.4. The van der Waals surface area contributed by atoms with E-state index >= 15 is 0 Å². The number of nitrogens with zero attached hydrogens (tertiary/aromatic N) is 8. The smallest absolute Gasteiger partial charge is 0.321 e. The highest BCUT2D eigenvalue weighted by molar-refractivity contribution is 9.10. The molecule has 5 aromatic rings. The summed E-state index contributed by atoms with van der Waals surface area (Å²) in [4.78, 5) is 15.4. The van der Waals surface area contributed by atoms with Crippen LogP contribution in [0.25, 0.3) is 0 Å². The minimum Gasteiger partial charge on any atom is -0.481 e. The summed E-state index contributed by atoms with van der Waals surface area (Å²) >= 11 is 14.7. The molecular weight excluding hydrogens is 757 g/mol. The van der Waals surface area contributed by atoms with Gasteiger partial charge in [0.2, 0.25) is 10.6 Å². The van der Waals surface area contributed by atoms with Gasteiger partial charge in [-0.3, -0.25) is 0 Å². The number of methoxy groups -OCH3 is 1. The molecular formula is C34H35BrCl2F2N8O3. The van der Waals surface area contributed by atoms with Gasteiger partial charge in [-0.2, -0.15) is 15.1 Å². The van der Waals surface area contributed by atoms with Gasteiger partial charge in [0.1, 0.15) is 23.1 Å². The van der Waals surface area contributed by atoms with E-state index < -0.39 is 11.6 Å². The third-order valence-corrected chi connectivity index (χ3v) is 9.75. The van der Waals surface area contributed by atoms with Crippen molar-refractivity contribution in [2.45, 2.75) is 46.2 Å². The van der Waals surface area contributed by atoms with Crippen LogP contribution in [0.2, 0.25) is 10.0 Å². The number of piperidine rings is 1. The molecule has 2 fully saturated rings. The monoisotopic (exact) mass is 790 g/mol. The SMILES string of the molecule is CCn1nc(Br)nc1Oc1ccc(F)c(Cl)c1.CCn1nc(CC2[C@@H]3CC[C@H]2CN(c2ccnc(OC)c2)C3)nc1Oc1ccc(F)c(Cl)c1. The third kappa shape index (κ3) is 8.30. The lowest BCUT2D eigenvalue weighted by atomic mass is 9.82. The summed E-state index contributed by atoms with van der Waals surface area (Å²) in [5.41, 5.74) is 1.17. The Bertz CT molecular complexity index is 1930. The first-order chi connectivity index (χ1) is 24.1. The van der Waals surface area contributed by atoms with Crippen molar-refractivity contribution in [1.29, 1.82) is 0 Å². The van der Waals surface area contributed by atoms with Crippen molar-refractivity contribution < 1.29 is 23.0 Å². The molecule has 2 aliphatic rings. The highest BCUT2D eigenvalue weighted by Crippen LogP contribution is 2.45. The van der Waals surface area contributed by atoms with Crippen LogP contribution in [0.1, 0.15) is 32.5 Å². The van der Waals surface area contributed by atoms with E-state index in [-0.39, 0.29) is 10.0 Å². The van der Waals surface area contributed by atoms with Crippen LogP contribution in [0.5, 0.6) is 29.4 Å². The zero-order chi connectivity index (χ0) is 35.4. The molecule has 0 radical (unpaired) electrons. The van der Waals surface area contributed by atoms with Gasteiger partial charge in [0.05, 0.1) is 17.2 Å². The molecule has 1 aliphatic carbocycles. The highest BCUT2D eigenvalue weighted by atomic mass is 79.9. The maximum absolute atomic E-state index is 13.5. The minimum absolute atomic E-state index is 0.00382. The molecule has 264 valence electrons. The van der Waals surface area contributed by atoms with Crippen molar-refractivity contribution in [2.24, 2.45) is 17.8 Å². The van der Waals surface area contributed by atoms with E-state index in [2.05, 4.69) is 46.9 Å². The third-order valence-electron chi connectivity index (χ3n) is 8.83. The number of aromatic nitrogens is 7. The van der Waals surface area contributed by atoms with Crippen molar-refractivity contribution in [2.75, 3.05) is 25.1 Å². The van der Waals surface area contributed by atoms with Crippen LogP contribution in [-0.2, 0) is 19.5 Å². The molecule has 3 aromatic heterocycles. The van der Waals surface area contributed by atoms with Gasteiger partial charge in [-0.15, -0.1) is 5.10 Å². The number of aryl methyl sites for hydroxylation is 2. The molecule has 2 bridgehead atoms. The Hall–Kier alpha value is -4.01. The standard InChI is InChI=1S/C24H27ClFN5O2.C10H8BrClFN3O/c1-3-31-24(33-18-6-7-21(26)20(25)11-18)28-22(29-31)12-19-15-4-5-16(19)14-30(13-15)17-8-9-27-23(10-17)32-2;1-2-16-10(14-9(11)15-16)17-6-3-4-8(13)7(12)5-6/h6-11,15-16,19H,3-5,12-14H2,1-2H3;3-5H,2H2,1H3/t15-,16+,19?;. The lowest BCUT2D eigenvalue weighted by Gasteiger charge is -2.39. The van der Waals surface area contributed by atoms with Gasteiger partial charge < -0.3 is 19.1 Å². The van der Waals surface area contributed by atoms with E-state index in [9.17, 15) is 8.78 Å². The van der Waals surface area contributed by atoms with Gasteiger partial charge >= 0.3 is 12.0 Å². The summed E-state index contributed by atoms with van der Waals surface area (Å²) in [6, 6.07) is 13.2. The molecule has 7 rings (SSSR count). The summed E-state index contributed by atoms with van der Waals surface area (Å²) in [6.45, 7) is 7.18. The zero-order valence-corrected chi connectivity index (χ0v) is 30.7. The Labute approximate surface area is 306 Å². The maximum atomic E-state index is 13.5. The Balaban J connectivity index is 0.000000214. The van der Waals surface area contributed by atoms with Gasteiger partial charge in [0.15, 0.2) is 5.82 Å². The van der Waals surface area contributed by atoms with Crippen LogP contribution in [0.3, 0.4) is 0 Å². The van der Waals surface area contributed by atoms with E-state index in [1.165, 1.54) is 48.9 Å². The normalized spacial score (nSPS) is 18.1. The predicted molar refractivity (Wildman–Crippen MR) is 188 cm³/mol. The summed E-state index contributed by atoms with van der Waals surface area (Å²) in [5, 5.41) is 8.77. The van der Waals surface area contributed by atoms with Gasteiger partial charge in [-0.1, -0.05) is 23.2 Å². The van der Waals surface area contributed by atoms with E-state index in [0.29, 0.717) is 65.0 Å². The molecule has 1 unspecified atom stereocenters. The maximum Gasteiger partial charge on any atom is 0.321 e. The Morgan fingerprint density at radius 3 is 1.96 bits per heavy atom. The van der Waals surface area contributed by atoms with Crippen LogP contribution < -0.4 is 19.1 Å². The first-order valence-electron chi connectivity index (χ1n) is 16.2. The second kappa shape index (κ2) is 15.9. The molecule has 4 heterocycles. The predicted octanol–water partition coefficient (Wildman–Crippen LogP) is 8.64. The van der Waals surface area contributed by atoms with Crippen molar-refractivity contribution in [3.05, 3.63) is 87.0 Å². The van der Waals surface area contributed by atoms with Crippen molar-refractivity contribution >= 4 is 44.8 Å². The number of anilines is 1. The fourth-order valence-electron chi connectivity index (χ4n) is 6.41. The van der Waals surface area contributed by atoms with Crippen LogP contribution >= 0.6 is 39.1 Å². The quantitative estimate of drug-likeness (QED) is 0.138. The first-order valence-corrected chi connectivity index (χ1v) is 17.7. The molecule has 0 amide bonds. The number of ether oxygens (including phenoxy) is 3. The van der Waals surface area contributed by atoms with E-state index in [1.54, 1.807) is 28.7 Å². The molecule has 3 atom stereocenters. The number of rotatable bonds is 10. The number of fused-ring (bicyclic) bond motifs is 2. The Morgan fingerprint density at radius 2 is 1.40 bits per heavy atom. The molecule has 50 heavy (non-hydrogen) atoms. The van der Waals surface area contributed by atoms with Crippen molar-refractivity contribution in [1.82, 2.24) is 34.5 Å². The average Bonchev–Trinajstić information content (AvgIpc) is 3.74. The van der Waals surface area contributed by atoms with Gasteiger partial charge in [0.25, 0.3) is 0 Å². The number of pyridine rings is 1. The van der Waals surface area contributed by atoms with Gasteiger partial charge in [-0.25, -0.2) is 23.1 Å². The highest BCUT2D eigenvalue weighted by Gasteiger charge is 2.42. The van der Waals surface area contributed by atoms with E-state index in [0.717, 1.165) is 25.3 Å².